The van der Waals surface area contributed by atoms with Crippen LogP contribution in [0.1, 0.15) is 37.8 Å². The van der Waals surface area contributed by atoms with Crippen molar-refractivity contribution in [2.45, 2.75) is 51.7 Å². The Morgan fingerprint density at radius 1 is 1.40 bits per heavy atom. The van der Waals surface area contributed by atoms with E-state index in [-0.39, 0.29) is 6.10 Å². The summed E-state index contributed by atoms with van der Waals surface area (Å²) in [6, 6.07) is 6.83. The maximum Gasteiger partial charge on any atom is 0.119 e. The number of aliphatic hydroxyl groups is 1. The highest BCUT2D eigenvalue weighted by Crippen LogP contribution is 2.25. The fourth-order valence-corrected chi connectivity index (χ4v) is 2.80. The molecule has 0 heterocycles. The molecule has 0 saturated heterocycles. The molecule has 0 amide bonds. The molecule has 0 aliphatic heterocycles. The van der Waals surface area contributed by atoms with Gasteiger partial charge in [0.2, 0.25) is 0 Å². The van der Waals surface area contributed by atoms with Crippen molar-refractivity contribution in [1.29, 1.82) is 0 Å². The van der Waals surface area contributed by atoms with E-state index in [2.05, 4.69) is 31.3 Å². The summed E-state index contributed by atoms with van der Waals surface area (Å²) in [5, 5.41) is 13.6. The summed E-state index contributed by atoms with van der Waals surface area (Å²) in [4.78, 5) is 0. The van der Waals surface area contributed by atoms with Gasteiger partial charge in [-0.1, -0.05) is 26.3 Å². The molecule has 2 N–H and O–H groups in total. The molecule has 1 aromatic carbocycles. The fourth-order valence-electron chi connectivity index (χ4n) is 2.80. The number of fused-ring (bicyclic) bond motifs is 1. The first-order chi connectivity index (χ1) is 9.63. The maximum atomic E-state index is 10.0. The summed E-state index contributed by atoms with van der Waals surface area (Å²) in [7, 11) is 1.71. The van der Waals surface area contributed by atoms with Crippen LogP contribution in [0.5, 0.6) is 5.75 Å². The second-order valence-electron chi connectivity index (χ2n) is 5.94. The Hall–Kier alpha value is -1.06. The largest absolute Gasteiger partial charge is 0.497 e. The molecule has 3 nitrogen and oxygen atoms in total. The molecule has 1 aliphatic rings. The Morgan fingerprint density at radius 2 is 2.20 bits per heavy atom. The smallest absolute Gasteiger partial charge is 0.119 e. The molecule has 1 aliphatic carbocycles. The van der Waals surface area contributed by atoms with Gasteiger partial charge in [-0.3, -0.25) is 0 Å². The molecule has 0 spiro atoms. The summed E-state index contributed by atoms with van der Waals surface area (Å²) < 4.78 is 5.30. The minimum absolute atomic E-state index is 0.244. The number of methoxy groups -OCH3 is 1. The molecule has 0 saturated carbocycles. The predicted molar refractivity (Wildman–Crippen MR) is 82.3 cm³/mol. The van der Waals surface area contributed by atoms with Crippen molar-refractivity contribution in [3.63, 3.8) is 0 Å². The van der Waals surface area contributed by atoms with Gasteiger partial charge in [0.15, 0.2) is 0 Å². The Bertz CT molecular complexity index is 433. The summed E-state index contributed by atoms with van der Waals surface area (Å²) >= 11 is 0. The van der Waals surface area contributed by atoms with Gasteiger partial charge in [-0.25, -0.2) is 0 Å². The molecule has 3 heteroatoms. The molecule has 112 valence electrons. The highest BCUT2D eigenvalue weighted by Gasteiger charge is 2.20. The number of hydrogen-bond acceptors (Lipinski definition) is 3. The first kappa shape index (κ1) is 15.3. The number of rotatable bonds is 6. The first-order valence-corrected chi connectivity index (χ1v) is 7.71. The average Bonchev–Trinajstić information content (AvgIpc) is 2.50. The summed E-state index contributed by atoms with van der Waals surface area (Å²) in [5.74, 6) is 1.29. The molecule has 3 atom stereocenters. The van der Waals surface area contributed by atoms with Crippen LogP contribution in [0.15, 0.2) is 18.2 Å². The number of aryl methyl sites for hydroxylation is 1. The molecule has 0 bridgehead atoms. The van der Waals surface area contributed by atoms with Crippen molar-refractivity contribution in [2.24, 2.45) is 5.92 Å². The number of hydrogen-bond donors (Lipinski definition) is 2. The highest BCUT2D eigenvalue weighted by molar-refractivity contribution is 5.37. The second kappa shape index (κ2) is 7.09. The zero-order valence-electron chi connectivity index (χ0n) is 12.9. The van der Waals surface area contributed by atoms with Gasteiger partial charge >= 0.3 is 0 Å². The number of nitrogens with one attached hydrogen (secondary N) is 1. The summed E-state index contributed by atoms with van der Waals surface area (Å²) in [5.41, 5.74) is 2.82. The van der Waals surface area contributed by atoms with Gasteiger partial charge in [-0.15, -0.1) is 0 Å². The van der Waals surface area contributed by atoms with Crippen molar-refractivity contribution >= 4 is 0 Å². The Kier molecular flexibility index (Phi) is 5.44. The first-order valence-electron chi connectivity index (χ1n) is 7.71. The topological polar surface area (TPSA) is 41.5 Å². The van der Waals surface area contributed by atoms with Gasteiger partial charge in [0.1, 0.15) is 5.75 Å². The Labute approximate surface area is 122 Å². The van der Waals surface area contributed by atoms with E-state index in [9.17, 15) is 5.11 Å². The predicted octanol–water partition coefficient (Wildman–Crippen LogP) is 2.55. The van der Waals surface area contributed by atoms with E-state index in [0.717, 1.165) is 31.4 Å². The zero-order chi connectivity index (χ0) is 14.5. The van der Waals surface area contributed by atoms with Crippen LogP contribution in [0.3, 0.4) is 0 Å². The number of benzene rings is 1. The minimum atomic E-state index is -0.244. The molecule has 1 aromatic rings. The van der Waals surface area contributed by atoms with Crippen molar-refractivity contribution < 1.29 is 9.84 Å². The lowest BCUT2D eigenvalue weighted by atomic mass is 9.88. The van der Waals surface area contributed by atoms with Crippen LogP contribution in [0, 0.1) is 5.92 Å². The average molecular weight is 277 g/mol. The van der Waals surface area contributed by atoms with Crippen LogP contribution in [0.4, 0.5) is 0 Å². The lowest BCUT2D eigenvalue weighted by Gasteiger charge is -2.28. The summed E-state index contributed by atoms with van der Waals surface area (Å²) in [6.07, 6.45) is 4.06. The van der Waals surface area contributed by atoms with E-state index < -0.39 is 0 Å². The minimum Gasteiger partial charge on any atom is -0.497 e. The van der Waals surface area contributed by atoms with E-state index in [1.54, 1.807) is 7.11 Å². The summed E-state index contributed by atoms with van der Waals surface area (Å²) in [6.45, 7) is 4.92. The van der Waals surface area contributed by atoms with Crippen LogP contribution >= 0.6 is 0 Å². The van der Waals surface area contributed by atoms with E-state index in [0.29, 0.717) is 18.5 Å². The molecule has 0 radical (unpaired) electrons. The van der Waals surface area contributed by atoms with E-state index in [1.165, 1.54) is 11.1 Å². The van der Waals surface area contributed by atoms with E-state index in [4.69, 9.17) is 4.74 Å². The fraction of sp³-hybridized carbons (Fsp3) is 0.647. The van der Waals surface area contributed by atoms with Gasteiger partial charge < -0.3 is 15.2 Å². The molecule has 0 aromatic heterocycles. The lowest BCUT2D eigenvalue weighted by molar-refractivity contribution is 0.109. The molecular weight excluding hydrogens is 250 g/mol. The lowest BCUT2D eigenvalue weighted by Crippen LogP contribution is -2.40. The van der Waals surface area contributed by atoms with Gasteiger partial charge in [0.05, 0.1) is 13.2 Å². The Balaban J connectivity index is 1.90. The number of aliphatic hydroxyl groups excluding tert-OH is 1. The number of ether oxygens (including phenoxy) is 1. The second-order valence-corrected chi connectivity index (χ2v) is 5.94. The quantitative estimate of drug-likeness (QED) is 0.839. The van der Waals surface area contributed by atoms with Gasteiger partial charge in [0, 0.05) is 12.6 Å². The van der Waals surface area contributed by atoms with Gasteiger partial charge in [0.25, 0.3) is 0 Å². The molecule has 20 heavy (non-hydrogen) atoms. The standard InChI is InChI=1S/C17H27NO2/c1-4-12(2)17(19)11-18-15-7-5-13-6-8-16(20-3)10-14(13)9-15/h6,8,10,12,15,17-19H,4-5,7,9,11H2,1-3H3. The SMILES string of the molecule is CCC(C)C(O)CNC1CCc2ccc(OC)cc2C1. The van der Waals surface area contributed by atoms with Gasteiger partial charge in [-0.05, 0) is 48.4 Å². The molecular formula is C17H27NO2. The van der Waals surface area contributed by atoms with Crippen molar-refractivity contribution in [3.05, 3.63) is 29.3 Å². The van der Waals surface area contributed by atoms with Crippen molar-refractivity contribution in [2.75, 3.05) is 13.7 Å². The third kappa shape index (κ3) is 3.74. The normalized spacial score (nSPS) is 21.1. The highest BCUT2D eigenvalue weighted by atomic mass is 16.5. The van der Waals surface area contributed by atoms with Gasteiger partial charge in [-0.2, -0.15) is 0 Å². The third-order valence-corrected chi connectivity index (χ3v) is 4.56. The van der Waals surface area contributed by atoms with Crippen LogP contribution in [-0.2, 0) is 12.8 Å². The monoisotopic (exact) mass is 277 g/mol. The molecule has 2 rings (SSSR count). The van der Waals surface area contributed by atoms with E-state index in [1.807, 2.05) is 6.07 Å². The van der Waals surface area contributed by atoms with E-state index >= 15 is 0 Å². The molecule has 0 fully saturated rings. The maximum absolute atomic E-state index is 10.0. The van der Waals surface area contributed by atoms with Crippen LogP contribution in [0.2, 0.25) is 0 Å². The van der Waals surface area contributed by atoms with Crippen molar-refractivity contribution in [1.82, 2.24) is 5.32 Å². The van der Waals surface area contributed by atoms with Crippen LogP contribution in [-0.4, -0.2) is 30.9 Å². The van der Waals surface area contributed by atoms with Crippen LogP contribution in [0.25, 0.3) is 0 Å². The zero-order valence-corrected chi connectivity index (χ0v) is 12.9. The Morgan fingerprint density at radius 3 is 2.90 bits per heavy atom. The van der Waals surface area contributed by atoms with Crippen LogP contribution < -0.4 is 10.1 Å². The third-order valence-electron chi connectivity index (χ3n) is 4.56. The molecule has 3 unspecified atom stereocenters. The van der Waals surface area contributed by atoms with Crippen molar-refractivity contribution in [3.8, 4) is 5.75 Å².